The summed E-state index contributed by atoms with van der Waals surface area (Å²) in [4.78, 5) is 23.5. The van der Waals surface area contributed by atoms with E-state index < -0.39 is 5.97 Å². The summed E-state index contributed by atoms with van der Waals surface area (Å²) in [5.41, 5.74) is 1.83. The van der Waals surface area contributed by atoms with E-state index in [0.29, 0.717) is 30.0 Å². The Morgan fingerprint density at radius 1 is 1.12 bits per heavy atom. The van der Waals surface area contributed by atoms with Crippen molar-refractivity contribution in [2.75, 3.05) is 0 Å². The standard InChI is InChI=1S/C22H32O3/c1-13(20(24)25)17-6-7-18-16-5-4-14-12-15(23)8-10-21(14,2)19(16)9-11-22(17,18)3/h12-13,16-19H,4-11H2,1-3H3,(H,24,25)/t13?,16-,17+,18-,19-,21-,22-/m0/s1. The molecule has 0 heterocycles. The summed E-state index contributed by atoms with van der Waals surface area (Å²) in [6.07, 6.45) is 10.6. The highest BCUT2D eigenvalue weighted by Gasteiger charge is 2.60. The molecule has 0 radical (unpaired) electrons. The molecule has 0 amide bonds. The number of carbonyl (C=O) groups excluding carboxylic acids is 1. The Hall–Kier alpha value is -1.12. The molecular formula is C22H32O3. The molecule has 0 aromatic carbocycles. The molecule has 1 N–H and O–H groups in total. The number of fused-ring (bicyclic) bond motifs is 5. The van der Waals surface area contributed by atoms with E-state index in [9.17, 15) is 14.7 Å². The van der Waals surface area contributed by atoms with Gasteiger partial charge >= 0.3 is 5.97 Å². The fraction of sp³-hybridized carbons (Fsp3) is 0.818. The van der Waals surface area contributed by atoms with Crippen LogP contribution in [0.1, 0.15) is 72.1 Å². The number of rotatable bonds is 2. The van der Waals surface area contributed by atoms with E-state index in [-0.39, 0.29) is 16.7 Å². The van der Waals surface area contributed by atoms with Crippen LogP contribution in [0.5, 0.6) is 0 Å². The second kappa shape index (κ2) is 5.69. The van der Waals surface area contributed by atoms with Crippen LogP contribution in [0.25, 0.3) is 0 Å². The Bertz CT molecular complexity index is 635. The van der Waals surface area contributed by atoms with Crippen molar-refractivity contribution >= 4 is 11.8 Å². The zero-order valence-corrected chi connectivity index (χ0v) is 15.9. The topological polar surface area (TPSA) is 54.4 Å². The minimum atomic E-state index is -0.624. The van der Waals surface area contributed by atoms with Gasteiger partial charge in [-0.2, -0.15) is 0 Å². The van der Waals surface area contributed by atoms with Crippen LogP contribution in [-0.4, -0.2) is 16.9 Å². The van der Waals surface area contributed by atoms with E-state index in [1.54, 1.807) is 0 Å². The summed E-state index contributed by atoms with van der Waals surface area (Å²) in [7, 11) is 0. The minimum Gasteiger partial charge on any atom is -0.481 e. The van der Waals surface area contributed by atoms with E-state index in [1.807, 2.05) is 13.0 Å². The number of hydrogen-bond donors (Lipinski definition) is 1. The predicted molar refractivity (Wildman–Crippen MR) is 97.0 cm³/mol. The molecule has 3 nitrogen and oxygen atoms in total. The van der Waals surface area contributed by atoms with Crippen LogP contribution < -0.4 is 0 Å². The predicted octanol–water partition coefficient (Wildman–Crippen LogP) is 4.86. The number of aliphatic carboxylic acids is 1. The van der Waals surface area contributed by atoms with Gasteiger partial charge in [-0.05, 0) is 85.5 Å². The maximum atomic E-state index is 11.9. The molecule has 0 bridgehead atoms. The summed E-state index contributed by atoms with van der Waals surface area (Å²) in [5, 5.41) is 9.56. The third-order valence-corrected chi connectivity index (χ3v) is 9.03. The van der Waals surface area contributed by atoms with Gasteiger partial charge in [-0.15, -0.1) is 0 Å². The smallest absolute Gasteiger partial charge is 0.306 e. The zero-order chi connectivity index (χ0) is 18.0. The van der Waals surface area contributed by atoms with E-state index in [1.165, 1.54) is 24.8 Å². The van der Waals surface area contributed by atoms with Gasteiger partial charge in [0, 0.05) is 6.42 Å². The number of ketones is 1. The Balaban J connectivity index is 1.63. The fourth-order valence-electron chi connectivity index (χ4n) is 7.59. The Kier molecular flexibility index (Phi) is 3.94. The second-order valence-electron chi connectivity index (χ2n) is 9.82. The molecule has 0 spiro atoms. The molecule has 4 rings (SSSR count). The third kappa shape index (κ3) is 2.37. The molecule has 0 aromatic rings. The van der Waals surface area contributed by atoms with Crippen molar-refractivity contribution in [3.63, 3.8) is 0 Å². The van der Waals surface area contributed by atoms with Gasteiger partial charge in [-0.3, -0.25) is 9.59 Å². The summed E-state index contributed by atoms with van der Waals surface area (Å²) in [5.74, 6) is 1.89. The highest BCUT2D eigenvalue weighted by Crippen LogP contribution is 2.67. The molecule has 0 saturated heterocycles. The molecule has 3 saturated carbocycles. The van der Waals surface area contributed by atoms with Crippen LogP contribution >= 0.6 is 0 Å². The summed E-state index contributed by atoms with van der Waals surface area (Å²) in [6.45, 7) is 6.72. The van der Waals surface area contributed by atoms with Crippen molar-refractivity contribution in [1.82, 2.24) is 0 Å². The van der Waals surface area contributed by atoms with E-state index in [2.05, 4.69) is 13.8 Å². The largest absolute Gasteiger partial charge is 0.481 e. The second-order valence-corrected chi connectivity index (χ2v) is 9.82. The van der Waals surface area contributed by atoms with E-state index in [0.717, 1.165) is 31.6 Å². The summed E-state index contributed by atoms with van der Waals surface area (Å²) < 4.78 is 0. The van der Waals surface area contributed by atoms with Crippen LogP contribution in [-0.2, 0) is 9.59 Å². The number of carboxylic acid groups (broad SMARTS) is 1. The lowest BCUT2D eigenvalue weighted by Crippen LogP contribution is -2.51. The molecule has 4 aliphatic carbocycles. The van der Waals surface area contributed by atoms with E-state index >= 15 is 0 Å². The summed E-state index contributed by atoms with van der Waals surface area (Å²) >= 11 is 0. The third-order valence-electron chi connectivity index (χ3n) is 9.03. The minimum absolute atomic E-state index is 0.195. The lowest BCUT2D eigenvalue weighted by molar-refractivity contribution is -0.146. The van der Waals surface area contributed by atoms with Crippen LogP contribution in [0.2, 0.25) is 0 Å². The maximum Gasteiger partial charge on any atom is 0.306 e. The lowest BCUT2D eigenvalue weighted by atomic mass is 9.46. The molecule has 25 heavy (non-hydrogen) atoms. The first kappa shape index (κ1) is 17.3. The molecule has 0 aliphatic heterocycles. The highest BCUT2D eigenvalue weighted by molar-refractivity contribution is 5.91. The Morgan fingerprint density at radius 2 is 1.88 bits per heavy atom. The lowest BCUT2D eigenvalue weighted by Gasteiger charge is -2.58. The monoisotopic (exact) mass is 344 g/mol. The molecule has 4 aliphatic rings. The molecule has 3 fully saturated rings. The van der Waals surface area contributed by atoms with Gasteiger partial charge in [0.15, 0.2) is 5.78 Å². The van der Waals surface area contributed by atoms with Gasteiger partial charge in [-0.1, -0.05) is 26.3 Å². The SMILES string of the molecule is CC(C(=O)O)[C@H]1CC[C@H]2[C@@H]3CCC4=CC(=O)CC[C@]4(C)[C@H]3CC[C@@]12C. The molecule has 1 unspecified atom stereocenters. The zero-order valence-electron chi connectivity index (χ0n) is 15.9. The molecule has 3 heteroatoms. The number of carboxylic acids is 1. The Morgan fingerprint density at radius 3 is 2.60 bits per heavy atom. The first-order valence-electron chi connectivity index (χ1n) is 10.2. The first-order chi connectivity index (χ1) is 11.8. The average molecular weight is 344 g/mol. The van der Waals surface area contributed by atoms with Crippen molar-refractivity contribution in [2.24, 2.45) is 40.4 Å². The van der Waals surface area contributed by atoms with Gasteiger partial charge in [0.2, 0.25) is 0 Å². The van der Waals surface area contributed by atoms with Crippen molar-refractivity contribution < 1.29 is 14.7 Å². The van der Waals surface area contributed by atoms with Gasteiger partial charge in [-0.25, -0.2) is 0 Å². The first-order valence-corrected chi connectivity index (χ1v) is 10.2. The normalized spacial score (nSPS) is 47.3. The molecule has 0 aromatic heterocycles. The number of allylic oxidation sites excluding steroid dienone is 1. The van der Waals surface area contributed by atoms with Gasteiger partial charge in [0.25, 0.3) is 0 Å². The molecule has 138 valence electrons. The summed E-state index contributed by atoms with van der Waals surface area (Å²) in [6, 6.07) is 0. The average Bonchev–Trinajstić information content (AvgIpc) is 2.92. The van der Waals surface area contributed by atoms with Crippen LogP contribution in [0.15, 0.2) is 11.6 Å². The van der Waals surface area contributed by atoms with Gasteiger partial charge in [0.1, 0.15) is 0 Å². The Labute approximate surface area is 151 Å². The highest BCUT2D eigenvalue weighted by atomic mass is 16.4. The number of hydrogen-bond acceptors (Lipinski definition) is 2. The van der Waals surface area contributed by atoms with Crippen molar-refractivity contribution in [3.8, 4) is 0 Å². The van der Waals surface area contributed by atoms with Gasteiger partial charge in [0.05, 0.1) is 5.92 Å². The molecular weight excluding hydrogens is 312 g/mol. The van der Waals surface area contributed by atoms with Crippen molar-refractivity contribution in [3.05, 3.63) is 11.6 Å². The quantitative estimate of drug-likeness (QED) is 0.778. The fourth-order valence-corrected chi connectivity index (χ4v) is 7.59. The number of carbonyl (C=O) groups is 2. The van der Waals surface area contributed by atoms with E-state index in [4.69, 9.17) is 0 Å². The maximum absolute atomic E-state index is 11.9. The molecule has 7 atom stereocenters. The van der Waals surface area contributed by atoms with Gasteiger partial charge < -0.3 is 5.11 Å². The van der Waals surface area contributed by atoms with Crippen LogP contribution in [0, 0.1) is 40.4 Å². The van der Waals surface area contributed by atoms with Crippen molar-refractivity contribution in [2.45, 2.75) is 72.1 Å². The van der Waals surface area contributed by atoms with Crippen LogP contribution in [0.3, 0.4) is 0 Å². The van der Waals surface area contributed by atoms with Crippen molar-refractivity contribution in [1.29, 1.82) is 0 Å². The van der Waals surface area contributed by atoms with Crippen LogP contribution in [0.4, 0.5) is 0 Å².